The summed E-state index contributed by atoms with van der Waals surface area (Å²) in [6.07, 6.45) is 8.79. The summed E-state index contributed by atoms with van der Waals surface area (Å²) in [5.74, 6) is 0.0188. The Hall–Kier alpha value is -3.27. The van der Waals surface area contributed by atoms with Crippen molar-refractivity contribution in [3.8, 4) is 0 Å². The number of hydrogen-bond donors (Lipinski definition) is 2. The van der Waals surface area contributed by atoms with Gasteiger partial charge in [-0.1, -0.05) is 24.1 Å². The molecule has 1 aliphatic heterocycles. The predicted molar refractivity (Wildman–Crippen MR) is 127 cm³/mol. The average molecular weight is 484 g/mol. The number of amides is 3. The summed E-state index contributed by atoms with van der Waals surface area (Å²) in [6.45, 7) is 2.64. The first-order valence-corrected chi connectivity index (χ1v) is 12.3. The molecule has 2 atom stereocenters. The van der Waals surface area contributed by atoms with E-state index in [-0.39, 0.29) is 49.3 Å². The normalized spacial score (nSPS) is 18.8. The lowest BCUT2D eigenvalue weighted by Gasteiger charge is -2.33. The third kappa shape index (κ3) is 6.88. The summed E-state index contributed by atoms with van der Waals surface area (Å²) in [7, 11) is 0. The molecule has 1 saturated carbocycles. The quantitative estimate of drug-likeness (QED) is 0.532. The van der Waals surface area contributed by atoms with Gasteiger partial charge in [0.25, 0.3) is 0 Å². The highest BCUT2D eigenvalue weighted by atomic mass is 16.5. The number of nitrogens with zero attached hydrogens (tertiary/aromatic N) is 3. The molecule has 188 valence electrons. The number of carbonyl (C=O) groups excluding carboxylic acids is 3. The van der Waals surface area contributed by atoms with Crippen LogP contribution in [0.4, 0.5) is 5.82 Å². The molecule has 4 rings (SSSR count). The third-order valence-electron chi connectivity index (χ3n) is 6.47. The highest BCUT2D eigenvalue weighted by molar-refractivity contribution is 5.94. The van der Waals surface area contributed by atoms with E-state index in [9.17, 15) is 14.4 Å². The van der Waals surface area contributed by atoms with Gasteiger partial charge in [-0.25, -0.2) is 0 Å². The van der Waals surface area contributed by atoms with Crippen molar-refractivity contribution in [3.05, 3.63) is 41.9 Å². The fourth-order valence-electron chi connectivity index (χ4n) is 4.71. The molecular weight excluding hydrogens is 450 g/mol. The molecule has 1 aliphatic carbocycles. The van der Waals surface area contributed by atoms with Crippen LogP contribution >= 0.6 is 0 Å². The minimum absolute atomic E-state index is 0.0449. The van der Waals surface area contributed by atoms with E-state index in [1.165, 1.54) is 0 Å². The summed E-state index contributed by atoms with van der Waals surface area (Å²) in [5.41, 5.74) is 0.636. The van der Waals surface area contributed by atoms with Gasteiger partial charge in [-0.2, -0.15) is 0 Å². The van der Waals surface area contributed by atoms with Crippen molar-refractivity contribution in [2.24, 2.45) is 0 Å². The van der Waals surface area contributed by atoms with Crippen LogP contribution in [-0.2, 0) is 19.1 Å². The number of pyridine rings is 1. The van der Waals surface area contributed by atoms with E-state index in [1.807, 2.05) is 0 Å². The molecular formula is C25H33N5O5. The van der Waals surface area contributed by atoms with Crippen molar-refractivity contribution in [2.45, 2.75) is 76.5 Å². The molecule has 10 nitrogen and oxygen atoms in total. The Labute approximate surface area is 204 Å². The molecule has 3 heterocycles. The minimum Gasteiger partial charge on any atom is -0.376 e. The summed E-state index contributed by atoms with van der Waals surface area (Å²) >= 11 is 0. The second-order valence-electron chi connectivity index (χ2n) is 9.23. The molecule has 2 aliphatic rings. The maximum Gasteiger partial charge on any atom is 0.247 e. The number of anilines is 1. The van der Waals surface area contributed by atoms with Crippen molar-refractivity contribution in [1.82, 2.24) is 20.4 Å². The Bertz CT molecular complexity index is 999. The minimum atomic E-state index is -0.845. The summed E-state index contributed by atoms with van der Waals surface area (Å²) in [4.78, 5) is 45.2. The second kappa shape index (κ2) is 11.9. The number of rotatable bonds is 10. The number of nitrogens with one attached hydrogen (secondary N) is 2. The number of carbonyl (C=O) groups is 3. The topological polar surface area (TPSA) is 127 Å². The Morgan fingerprint density at radius 1 is 1.17 bits per heavy atom. The van der Waals surface area contributed by atoms with Gasteiger partial charge in [0.1, 0.15) is 11.8 Å². The van der Waals surface area contributed by atoms with E-state index in [0.717, 1.165) is 38.5 Å². The van der Waals surface area contributed by atoms with Crippen LogP contribution in [0.5, 0.6) is 0 Å². The van der Waals surface area contributed by atoms with Crippen molar-refractivity contribution < 1.29 is 23.6 Å². The van der Waals surface area contributed by atoms with Crippen LogP contribution in [0.25, 0.3) is 0 Å². The van der Waals surface area contributed by atoms with E-state index in [0.29, 0.717) is 23.7 Å². The predicted octanol–water partition coefficient (Wildman–Crippen LogP) is 2.90. The molecule has 10 heteroatoms. The van der Waals surface area contributed by atoms with E-state index in [1.54, 1.807) is 42.4 Å². The highest BCUT2D eigenvalue weighted by Crippen LogP contribution is 2.27. The summed E-state index contributed by atoms with van der Waals surface area (Å²) < 4.78 is 10.8. The van der Waals surface area contributed by atoms with E-state index >= 15 is 0 Å². The fourth-order valence-corrected chi connectivity index (χ4v) is 4.71. The zero-order chi connectivity index (χ0) is 24.6. The molecule has 0 unspecified atom stereocenters. The van der Waals surface area contributed by atoms with Crippen molar-refractivity contribution in [3.63, 3.8) is 0 Å². The van der Waals surface area contributed by atoms with Crippen LogP contribution in [0.2, 0.25) is 0 Å². The third-order valence-corrected chi connectivity index (χ3v) is 6.47. The summed E-state index contributed by atoms with van der Waals surface area (Å²) in [6, 6.07) is 4.43. The maximum absolute atomic E-state index is 13.5. The van der Waals surface area contributed by atoms with E-state index in [2.05, 4.69) is 20.8 Å². The maximum atomic E-state index is 13.5. The van der Waals surface area contributed by atoms with Gasteiger partial charge in [-0.3, -0.25) is 19.4 Å². The molecule has 2 aromatic rings. The lowest BCUT2D eigenvalue weighted by molar-refractivity contribution is -0.143. The first-order chi connectivity index (χ1) is 17.0. The summed E-state index contributed by atoms with van der Waals surface area (Å²) in [5, 5.41) is 9.52. The fraction of sp³-hybridized carbons (Fsp3) is 0.560. The smallest absolute Gasteiger partial charge is 0.247 e. The molecule has 2 aromatic heterocycles. The SMILES string of the molecule is Cc1cc(NC(=O)CCC(=O)N(C[C@@H]2CCCO2)[C@H](C(=O)NC2CCCC2)c2cccnc2)no1. The molecule has 0 radical (unpaired) electrons. The van der Waals surface area contributed by atoms with Crippen LogP contribution < -0.4 is 10.6 Å². The first kappa shape index (κ1) is 24.8. The van der Waals surface area contributed by atoms with Gasteiger partial charge >= 0.3 is 0 Å². The lowest BCUT2D eigenvalue weighted by atomic mass is 10.0. The molecule has 0 spiro atoms. The zero-order valence-corrected chi connectivity index (χ0v) is 20.1. The van der Waals surface area contributed by atoms with Gasteiger partial charge in [0.2, 0.25) is 17.7 Å². The Balaban J connectivity index is 1.50. The number of aromatic nitrogens is 2. The lowest BCUT2D eigenvalue weighted by Crippen LogP contribution is -2.48. The second-order valence-corrected chi connectivity index (χ2v) is 9.23. The van der Waals surface area contributed by atoms with Gasteiger partial charge in [0, 0.05) is 56.1 Å². The van der Waals surface area contributed by atoms with Gasteiger partial charge < -0.3 is 24.8 Å². The van der Waals surface area contributed by atoms with Crippen LogP contribution in [0.1, 0.15) is 68.7 Å². The van der Waals surface area contributed by atoms with Gasteiger partial charge in [-0.15, -0.1) is 0 Å². The van der Waals surface area contributed by atoms with Crippen LogP contribution in [0.3, 0.4) is 0 Å². The van der Waals surface area contributed by atoms with Crippen molar-refractivity contribution >= 4 is 23.5 Å². The highest BCUT2D eigenvalue weighted by Gasteiger charge is 2.35. The van der Waals surface area contributed by atoms with Gasteiger partial charge in [0.05, 0.1) is 6.10 Å². The molecule has 0 aromatic carbocycles. The zero-order valence-electron chi connectivity index (χ0n) is 20.1. The molecule has 35 heavy (non-hydrogen) atoms. The van der Waals surface area contributed by atoms with E-state index < -0.39 is 6.04 Å². The Morgan fingerprint density at radius 2 is 2.00 bits per heavy atom. The Morgan fingerprint density at radius 3 is 2.66 bits per heavy atom. The number of aryl methyl sites for hydroxylation is 1. The standard InChI is InChI=1S/C25H33N5O5/c1-17-14-21(29-35-17)28-22(31)10-11-23(32)30(16-20-9-5-13-34-20)24(18-6-4-12-26-15-18)25(33)27-19-7-2-3-8-19/h4,6,12,14-15,19-20,24H,2-3,5,7-11,13,16H2,1H3,(H,27,33)(H,28,29,31)/t20-,24-/m0/s1. The van der Waals surface area contributed by atoms with Crippen LogP contribution in [0.15, 0.2) is 35.1 Å². The monoisotopic (exact) mass is 483 g/mol. The van der Waals surface area contributed by atoms with Crippen LogP contribution in [-0.4, -0.2) is 58.1 Å². The molecule has 1 saturated heterocycles. The number of ether oxygens (including phenoxy) is 1. The molecule has 2 fully saturated rings. The Kier molecular flexibility index (Phi) is 8.46. The molecule has 0 bridgehead atoms. The van der Waals surface area contributed by atoms with Gasteiger partial charge in [0.15, 0.2) is 5.82 Å². The van der Waals surface area contributed by atoms with Gasteiger partial charge in [-0.05, 0) is 38.7 Å². The number of hydrogen-bond acceptors (Lipinski definition) is 7. The molecule has 3 amide bonds. The van der Waals surface area contributed by atoms with Crippen molar-refractivity contribution in [1.29, 1.82) is 0 Å². The van der Waals surface area contributed by atoms with Crippen LogP contribution in [0, 0.1) is 6.92 Å². The largest absolute Gasteiger partial charge is 0.376 e. The first-order valence-electron chi connectivity index (χ1n) is 12.3. The average Bonchev–Trinajstić information content (AvgIpc) is 3.62. The molecule has 2 N–H and O–H groups in total. The van der Waals surface area contributed by atoms with E-state index in [4.69, 9.17) is 9.26 Å². The van der Waals surface area contributed by atoms with Crippen molar-refractivity contribution in [2.75, 3.05) is 18.5 Å².